The molecule has 3 rings (SSSR count). The van der Waals surface area contributed by atoms with Crippen molar-refractivity contribution in [3.8, 4) is 0 Å². The highest BCUT2D eigenvalue weighted by atomic mass is 127. The average molecular weight is 505 g/mol. The Bertz CT molecular complexity index is 638. The maximum Gasteiger partial charge on any atom is 0.193 e. The Morgan fingerprint density at radius 3 is 2.86 bits per heavy atom. The molecule has 2 aliphatic rings. The highest BCUT2D eigenvalue weighted by Crippen LogP contribution is 2.35. The second-order valence-electron chi connectivity index (χ2n) is 7.63. The van der Waals surface area contributed by atoms with E-state index in [9.17, 15) is 4.39 Å². The van der Waals surface area contributed by atoms with E-state index >= 15 is 0 Å². The monoisotopic (exact) mass is 505 g/mol. The quantitative estimate of drug-likeness (QED) is 0.366. The van der Waals surface area contributed by atoms with Gasteiger partial charge < -0.3 is 19.7 Å². The van der Waals surface area contributed by atoms with Crippen LogP contribution in [0.4, 0.5) is 4.39 Å². The Balaban J connectivity index is 0.00000280. The third-order valence-electron chi connectivity index (χ3n) is 5.74. The lowest BCUT2D eigenvalue weighted by molar-refractivity contribution is 0.0529. The van der Waals surface area contributed by atoms with Crippen LogP contribution >= 0.6 is 24.0 Å². The number of nitrogens with one attached hydrogen (secondary N) is 1. The molecule has 1 atom stereocenters. The molecule has 0 aliphatic carbocycles. The molecule has 0 saturated carbocycles. The first-order valence-corrected chi connectivity index (χ1v) is 10.0. The van der Waals surface area contributed by atoms with Gasteiger partial charge in [-0.3, -0.25) is 4.99 Å². The number of ether oxygens (including phenoxy) is 2. The Labute approximate surface area is 185 Å². The normalized spacial score (nSPS) is 22.0. The summed E-state index contributed by atoms with van der Waals surface area (Å²) in [4.78, 5) is 7.33. The van der Waals surface area contributed by atoms with Crippen LogP contribution in [-0.4, -0.2) is 64.0 Å². The van der Waals surface area contributed by atoms with Gasteiger partial charge in [0.05, 0.1) is 13.2 Å². The summed E-state index contributed by atoms with van der Waals surface area (Å²) >= 11 is 0. The number of hydrogen-bond donors (Lipinski definition) is 1. The third-order valence-corrected chi connectivity index (χ3v) is 5.74. The summed E-state index contributed by atoms with van der Waals surface area (Å²) in [6.07, 6.45) is 2.86. The van der Waals surface area contributed by atoms with Gasteiger partial charge in [0, 0.05) is 51.3 Å². The van der Waals surface area contributed by atoms with Crippen LogP contribution in [-0.2, 0) is 14.9 Å². The van der Waals surface area contributed by atoms with E-state index in [4.69, 9.17) is 14.5 Å². The van der Waals surface area contributed by atoms with Gasteiger partial charge >= 0.3 is 0 Å². The number of rotatable bonds is 6. The zero-order valence-corrected chi connectivity index (χ0v) is 19.3. The lowest BCUT2D eigenvalue weighted by Gasteiger charge is -2.37. The largest absolute Gasteiger partial charge is 0.384 e. The molecule has 0 radical (unpaired) electrons. The van der Waals surface area contributed by atoms with Crippen LogP contribution < -0.4 is 5.32 Å². The molecule has 28 heavy (non-hydrogen) atoms. The molecule has 2 heterocycles. The number of likely N-dealkylation sites (tertiary alicyclic amines) is 1. The van der Waals surface area contributed by atoms with Crippen LogP contribution in [0.5, 0.6) is 0 Å². The zero-order valence-electron chi connectivity index (χ0n) is 17.0. The molecule has 0 amide bonds. The fraction of sp³-hybridized carbons (Fsp3) is 0.667. The van der Waals surface area contributed by atoms with E-state index < -0.39 is 0 Å². The summed E-state index contributed by atoms with van der Waals surface area (Å²) in [6.45, 7) is 7.72. The van der Waals surface area contributed by atoms with E-state index in [1.54, 1.807) is 19.2 Å². The van der Waals surface area contributed by atoms with Crippen molar-refractivity contribution < 1.29 is 13.9 Å². The number of hydrogen-bond acceptors (Lipinski definition) is 3. The first kappa shape index (κ1) is 23.3. The summed E-state index contributed by atoms with van der Waals surface area (Å²) in [5.41, 5.74) is 0.872. The van der Waals surface area contributed by atoms with Crippen molar-refractivity contribution in [3.63, 3.8) is 0 Å². The molecule has 7 heteroatoms. The van der Waals surface area contributed by atoms with Crippen molar-refractivity contribution in [1.82, 2.24) is 10.2 Å². The van der Waals surface area contributed by atoms with Gasteiger partial charge in [-0.15, -0.1) is 24.0 Å². The van der Waals surface area contributed by atoms with Crippen LogP contribution in [0.15, 0.2) is 29.3 Å². The van der Waals surface area contributed by atoms with Crippen molar-refractivity contribution >= 4 is 29.9 Å². The van der Waals surface area contributed by atoms with E-state index in [0.717, 1.165) is 57.0 Å². The van der Waals surface area contributed by atoms with E-state index in [-0.39, 0.29) is 35.2 Å². The molecule has 5 nitrogen and oxygen atoms in total. The zero-order chi connectivity index (χ0) is 19.1. The molecule has 0 aromatic heterocycles. The minimum absolute atomic E-state index is 0. The Morgan fingerprint density at radius 1 is 1.39 bits per heavy atom. The predicted octanol–water partition coefficient (Wildman–Crippen LogP) is 3.43. The summed E-state index contributed by atoms with van der Waals surface area (Å²) < 4.78 is 24.8. The molecule has 1 unspecified atom stereocenters. The van der Waals surface area contributed by atoms with Gasteiger partial charge in [-0.25, -0.2) is 4.39 Å². The molecular weight excluding hydrogens is 472 g/mol. The molecule has 1 N–H and O–H groups in total. The van der Waals surface area contributed by atoms with Crippen molar-refractivity contribution in [2.45, 2.75) is 31.6 Å². The predicted molar refractivity (Wildman–Crippen MR) is 121 cm³/mol. The summed E-state index contributed by atoms with van der Waals surface area (Å²) in [7, 11) is 1.76. The molecule has 158 valence electrons. The number of methoxy groups -OCH3 is 1. The molecule has 2 saturated heterocycles. The second-order valence-corrected chi connectivity index (χ2v) is 7.63. The van der Waals surface area contributed by atoms with Crippen molar-refractivity contribution in [1.29, 1.82) is 0 Å². The van der Waals surface area contributed by atoms with Crippen molar-refractivity contribution in [3.05, 3.63) is 35.6 Å². The maximum atomic E-state index is 13.9. The molecule has 1 aromatic rings. The van der Waals surface area contributed by atoms with Crippen LogP contribution in [0.1, 0.15) is 31.7 Å². The smallest absolute Gasteiger partial charge is 0.193 e. The minimum Gasteiger partial charge on any atom is -0.384 e. The van der Waals surface area contributed by atoms with Gasteiger partial charge in [-0.2, -0.15) is 0 Å². The molecule has 2 fully saturated rings. The van der Waals surface area contributed by atoms with Crippen LogP contribution in [0, 0.1) is 11.7 Å². The Hall–Kier alpha value is -0.930. The SMILES string of the molecule is CCNC(=NCC1(c2cccc(F)c2)CCOCC1)N1CCC(COC)C1.I. The Kier molecular flexibility index (Phi) is 9.43. The van der Waals surface area contributed by atoms with E-state index in [2.05, 4.69) is 17.1 Å². The van der Waals surface area contributed by atoms with E-state index in [1.165, 1.54) is 6.07 Å². The van der Waals surface area contributed by atoms with Crippen LogP contribution in [0.3, 0.4) is 0 Å². The summed E-state index contributed by atoms with van der Waals surface area (Å²) in [5, 5.41) is 3.44. The fourth-order valence-electron chi connectivity index (χ4n) is 4.17. The Morgan fingerprint density at radius 2 is 2.18 bits per heavy atom. The number of guanidine groups is 1. The standard InChI is InChI=1S/C21H32FN3O2.HI/c1-3-23-20(25-10-7-17(14-25)15-26-2)24-16-21(8-11-27-12-9-21)18-5-4-6-19(22)13-18;/h4-6,13,17H,3,7-12,14-16H2,1-2H3,(H,23,24);1H. The first-order valence-electron chi connectivity index (χ1n) is 10.0. The van der Waals surface area contributed by atoms with Crippen molar-refractivity contribution in [2.75, 3.05) is 53.1 Å². The summed E-state index contributed by atoms with van der Waals surface area (Å²) in [6, 6.07) is 7.00. The average Bonchev–Trinajstić information content (AvgIpc) is 3.15. The van der Waals surface area contributed by atoms with Gasteiger partial charge in [0.1, 0.15) is 5.82 Å². The molecular formula is C21H33FIN3O2. The number of benzene rings is 1. The van der Waals surface area contributed by atoms with Crippen molar-refractivity contribution in [2.24, 2.45) is 10.9 Å². The molecule has 1 aromatic carbocycles. The highest BCUT2D eigenvalue weighted by molar-refractivity contribution is 14.0. The number of aliphatic imine (C=N–C) groups is 1. The number of halogens is 2. The lowest BCUT2D eigenvalue weighted by atomic mass is 9.74. The molecule has 0 spiro atoms. The van der Waals surface area contributed by atoms with Gasteiger partial charge in [0.15, 0.2) is 5.96 Å². The minimum atomic E-state index is -0.184. The van der Waals surface area contributed by atoms with Gasteiger partial charge in [0.2, 0.25) is 0 Å². The van der Waals surface area contributed by atoms with Crippen LogP contribution in [0.2, 0.25) is 0 Å². The summed E-state index contributed by atoms with van der Waals surface area (Å²) in [5.74, 6) is 1.33. The second kappa shape index (κ2) is 11.3. The topological polar surface area (TPSA) is 46.1 Å². The van der Waals surface area contributed by atoms with Gasteiger partial charge in [-0.05, 0) is 43.9 Å². The maximum absolute atomic E-state index is 13.9. The van der Waals surface area contributed by atoms with Crippen LogP contribution in [0.25, 0.3) is 0 Å². The first-order chi connectivity index (χ1) is 13.2. The third kappa shape index (κ3) is 5.79. The van der Waals surface area contributed by atoms with E-state index in [0.29, 0.717) is 25.7 Å². The molecule has 0 bridgehead atoms. The van der Waals surface area contributed by atoms with Gasteiger partial charge in [-0.1, -0.05) is 12.1 Å². The lowest BCUT2D eigenvalue weighted by Crippen LogP contribution is -2.43. The van der Waals surface area contributed by atoms with E-state index in [1.807, 2.05) is 6.07 Å². The van der Waals surface area contributed by atoms with Gasteiger partial charge in [0.25, 0.3) is 0 Å². The highest BCUT2D eigenvalue weighted by Gasteiger charge is 2.35. The fourth-order valence-corrected chi connectivity index (χ4v) is 4.17. The molecule has 2 aliphatic heterocycles. The number of nitrogens with zero attached hydrogens (tertiary/aromatic N) is 2.